The van der Waals surface area contributed by atoms with Crippen LogP contribution in [-0.4, -0.2) is 49.8 Å². The molecule has 0 radical (unpaired) electrons. The predicted molar refractivity (Wildman–Crippen MR) is 89.8 cm³/mol. The molecular formula is C18H26N2O3. The molecule has 1 aromatic rings. The van der Waals surface area contributed by atoms with Gasteiger partial charge >= 0.3 is 0 Å². The van der Waals surface area contributed by atoms with Gasteiger partial charge in [0.05, 0.1) is 19.8 Å². The van der Waals surface area contributed by atoms with E-state index in [-0.39, 0.29) is 5.91 Å². The lowest BCUT2D eigenvalue weighted by Gasteiger charge is -2.43. The van der Waals surface area contributed by atoms with Gasteiger partial charge in [0.2, 0.25) is 5.91 Å². The first kappa shape index (κ1) is 16.3. The van der Waals surface area contributed by atoms with Crippen molar-refractivity contribution >= 4 is 11.6 Å². The van der Waals surface area contributed by atoms with Gasteiger partial charge in [-0.2, -0.15) is 0 Å². The summed E-state index contributed by atoms with van der Waals surface area (Å²) in [6.07, 6.45) is 5.81. The number of anilines is 1. The number of carbonyl (C=O) groups is 1. The van der Waals surface area contributed by atoms with E-state index in [2.05, 4.69) is 10.2 Å². The van der Waals surface area contributed by atoms with Gasteiger partial charge < -0.3 is 14.8 Å². The smallest absolute Gasteiger partial charge is 0.225 e. The second-order valence-electron chi connectivity index (χ2n) is 6.32. The number of hydrogen-bond donors (Lipinski definition) is 1. The van der Waals surface area contributed by atoms with Crippen molar-refractivity contribution in [3.63, 3.8) is 0 Å². The molecule has 1 aliphatic carbocycles. The maximum atomic E-state index is 12.2. The number of amides is 1. The molecule has 23 heavy (non-hydrogen) atoms. The molecule has 126 valence electrons. The van der Waals surface area contributed by atoms with E-state index in [1.54, 1.807) is 7.11 Å². The molecule has 2 aliphatic rings. The molecular weight excluding hydrogens is 292 g/mol. The number of methoxy groups -OCH3 is 1. The van der Waals surface area contributed by atoms with Crippen molar-refractivity contribution in [1.82, 2.24) is 4.90 Å². The van der Waals surface area contributed by atoms with Crippen LogP contribution in [0.3, 0.4) is 0 Å². The SMILES string of the molecule is COc1ccc(NC(=O)CCN2CCO[C@@H]3CCCC[C@@H]32)cc1. The number of rotatable bonds is 5. The third-order valence-corrected chi connectivity index (χ3v) is 4.85. The van der Waals surface area contributed by atoms with E-state index in [0.717, 1.165) is 31.1 Å². The first-order valence-electron chi connectivity index (χ1n) is 8.56. The van der Waals surface area contributed by atoms with Crippen LogP contribution in [0.25, 0.3) is 0 Å². The predicted octanol–water partition coefficient (Wildman–Crippen LogP) is 2.67. The summed E-state index contributed by atoms with van der Waals surface area (Å²) in [6.45, 7) is 2.55. The molecule has 1 aliphatic heterocycles. The first-order chi connectivity index (χ1) is 11.3. The van der Waals surface area contributed by atoms with Gasteiger partial charge in [-0.1, -0.05) is 12.8 Å². The summed E-state index contributed by atoms with van der Waals surface area (Å²) in [4.78, 5) is 14.6. The molecule has 0 aromatic heterocycles. The van der Waals surface area contributed by atoms with Gasteiger partial charge in [0.15, 0.2) is 0 Å². The lowest BCUT2D eigenvalue weighted by molar-refractivity contribution is -0.118. The molecule has 0 spiro atoms. The number of hydrogen-bond acceptors (Lipinski definition) is 4. The van der Waals surface area contributed by atoms with E-state index in [0.29, 0.717) is 18.6 Å². The number of morpholine rings is 1. The molecule has 0 unspecified atom stereocenters. The summed E-state index contributed by atoms with van der Waals surface area (Å²) < 4.78 is 11.0. The molecule has 1 saturated heterocycles. The quantitative estimate of drug-likeness (QED) is 0.907. The van der Waals surface area contributed by atoms with Gasteiger partial charge in [-0.05, 0) is 37.1 Å². The van der Waals surface area contributed by atoms with Crippen molar-refractivity contribution in [3.8, 4) is 5.75 Å². The minimum atomic E-state index is 0.0639. The lowest BCUT2D eigenvalue weighted by Crippen LogP contribution is -2.53. The molecule has 1 aromatic carbocycles. The van der Waals surface area contributed by atoms with Gasteiger partial charge in [0.25, 0.3) is 0 Å². The Morgan fingerprint density at radius 1 is 1.30 bits per heavy atom. The van der Waals surface area contributed by atoms with E-state index >= 15 is 0 Å². The molecule has 2 atom stereocenters. The summed E-state index contributed by atoms with van der Waals surface area (Å²) in [5, 5.41) is 2.95. The summed E-state index contributed by atoms with van der Waals surface area (Å²) in [5.74, 6) is 0.855. The van der Waals surface area contributed by atoms with Crippen LogP contribution < -0.4 is 10.1 Å². The van der Waals surface area contributed by atoms with Crippen molar-refractivity contribution in [1.29, 1.82) is 0 Å². The number of fused-ring (bicyclic) bond motifs is 1. The van der Waals surface area contributed by atoms with E-state index in [1.807, 2.05) is 24.3 Å². The topological polar surface area (TPSA) is 50.8 Å². The zero-order chi connectivity index (χ0) is 16.1. The lowest BCUT2D eigenvalue weighted by atomic mass is 9.90. The van der Waals surface area contributed by atoms with Crippen LogP contribution in [-0.2, 0) is 9.53 Å². The summed E-state index contributed by atoms with van der Waals surface area (Å²) in [7, 11) is 1.63. The Bertz CT molecular complexity index is 516. The molecule has 3 rings (SSSR count). The van der Waals surface area contributed by atoms with Gasteiger partial charge in [-0.15, -0.1) is 0 Å². The highest BCUT2D eigenvalue weighted by molar-refractivity contribution is 5.90. The maximum absolute atomic E-state index is 12.2. The van der Waals surface area contributed by atoms with Crippen molar-refractivity contribution < 1.29 is 14.3 Å². The van der Waals surface area contributed by atoms with Crippen molar-refractivity contribution in [2.45, 2.75) is 44.2 Å². The standard InChI is InChI=1S/C18H26N2O3/c1-22-15-8-6-14(7-9-15)19-18(21)10-11-20-12-13-23-17-5-3-2-4-16(17)20/h6-9,16-17H,2-5,10-13H2,1H3,(H,19,21)/t16-,17+/m0/s1. The second-order valence-corrected chi connectivity index (χ2v) is 6.32. The summed E-state index contributed by atoms with van der Waals surface area (Å²) >= 11 is 0. The van der Waals surface area contributed by atoms with Crippen LogP contribution in [0.5, 0.6) is 5.75 Å². The van der Waals surface area contributed by atoms with Gasteiger partial charge in [-0.25, -0.2) is 0 Å². The van der Waals surface area contributed by atoms with E-state index < -0.39 is 0 Å². The zero-order valence-electron chi connectivity index (χ0n) is 13.8. The minimum Gasteiger partial charge on any atom is -0.497 e. The van der Waals surface area contributed by atoms with E-state index in [9.17, 15) is 4.79 Å². The number of carbonyl (C=O) groups excluding carboxylic acids is 1. The Labute approximate surface area is 137 Å². The number of benzene rings is 1. The Morgan fingerprint density at radius 3 is 2.87 bits per heavy atom. The Hall–Kier alpha value is -1.59. The van der Waals surface area contributed by atoms with E-state index in [4.69, 9.17) is 9.47 Å². The molecule has 1 N–H and O–H groups in total. The first-order valence-corrected chi connectivity index (χ1v) is 8.56. The number of nitrogens with one attached hydrogen (secondary N) is 1. The third kappa shape index (κ3) is 4.24. The van der Waals surface area contributed by atoms with Gasteiger partial charge in [-0.3, -0.25) is 9.69 Å². The van der Waals surface area contributed by atoms with Crippen LogP contribution in [0.15, 0.2) is 24.3 Å². The number of nitrogens with zero attached hydrogens (tertiary/aromatic N) is 1. The van der Waals surface area contributed by atoms with Crippen molar-refractivity contribution in [3.05, 3.63) is 24.3 Å². The largest absolute Gasteiger partial charge is 0.497 e. The average molecular weight is 318 g/mol. The second kappa shape index (κ2) is 7.79. The highest BCUT2D eigenvalue weighted by Crippen LogP contribution is 2.28. The van der Waals surface area contributed by atoms with Crippen LogP contribution in [0.1, 0.15) is 32.1 Å². The van der Waals surface area contributed by atoms with Crippen LogP contribution in [0.4, 0.5) is 5.69 Å². The average Bonchev–Trinajstić information content (AvgIpc) is 2.60. The molecule has 5 nitrogen and oxygen atoms in total. The third-order valence-electron chi connectivity index (χ3n) is 4.85. The fourth-order valence-electron chi connectivity index (χ4n) is 3.60. The monoisotopic (exact) mass is 318 g/mol. The fourth-order valence-corrected chi connectivity index (χ4v) is 3.60. The maximum Gasteiger partial charge on any atom is 0.225 e. The Kier molecular flexibility index (Phi) is 5.51. The van der Waals surface area contributed by atoms with Crippen LogP contribution >= 0.6 is 0 Å². The molecule has 5 heteroatoms. The van der Waals surface area contributed by atoms with Crippen molar-refractivity contribution in [2.75, 3.05) is 32.1 Å². The van der Waals surface area contributed by atoms with E-state index in [1.165, 1.54) is 25.7 Å². The number of ether oxygens (including phenoxy) is 2. The zero-order valence-corrected chi connectivity index (χ0v) is 13.8. The van der Waals surface area contributed by atoms with Crippen molar-refractivity contribution in [2.24, 2.45) is 0 Å². The summed E-state index contributed by atoms with van der Waals surface area (Å²) in [5.41, 5.74) is 0.813. The highest BCUT2D eigenvalue weighted by atomic mass is 16.5. The Balaban J connectivity index is 1.47. The van der Waals surface area contributed by atoms with Crippen LogP contribution in [0.2, 0.25) is 0 Å². The Morgan fingerprint density at radius 2 is 2.09 bits per heavy atom. The molecule has 0 bridgehead atoms. The molecule has 1 heterocycles. The van der Waals surface area contributed by atoms with Gasteiger partial charge in [0.1, 0.15) is 5.75 Å². The summed E-state index contributed by atoms with van der Waals surface area (Å²) in [6, 6.07) is 7.94. The molecule has 2 fully saturated rings. The minimum absolute atomic E-state index is 0.0639. The molecule has 1 amide bonds. The molecule has 1 saturated carbocycles. The van der Waals surface area contributed by atoms with Gasteiger partial charge in [0, 0.05) is 31.2 Å². The fraction of sp³-hybridized carbons (Fsp3) is 0.611. The van der Waals surface area contributed by atoms with Crippen LogP contribution in [0, 0.1) is 0 Å². The normalized spacial score (nSPS) is 24.7. The highest BCUT2D eigenvalue weighted by Gasteiger charge is 2.33.